The topological polar surface area (TPSA) is 68.3 Å². The highest BCUT2D eigenvalue weighted by atomic mass is 16.5. The minimum atomic E-state index is 0.111. The van der Waals surface area contributed by atoms with Gasteiger partial charge in [0.15, 0.2) is 0 Å². The maximum absolute atomic E-state index is 12.8. The van der Waals surface area contributed by atoms with Gasteiger partial charge in [-0.2, -0.15) is 0 Å². The first-order valence-corrected chi connectivity index (χ1v) is 10.4. The molecular formula is C22H32N2O5. The van der Waals surface area contributed by atoms with Gasteiger partial charge in [-0.15, -0.1) is 0 Å². The average molecular weight is 405 g/mol. The molecule has 0 aliphatic carbocycles. The van der Waals surface area contributed by atoms with Crippen LogP contribution in [-0.4, -0.2) is 75.2 Å². The first-order valence-electron chi connectivity index (χ1n) is 10.4. The van der Waals surface area contributed by atoms with Crippen LogP contribution in [0.4, 0.5) is 0 Å². The summed E-state index contributed by atoms with van der Waals surface area (Å²) in [5.41, 5.74) is 0.843. The minimum Gasteiger partial charge on any atom is -0.497 e. The fourth-order valence-electron chi connectivity index (χ4n) is 4.06. The fourth-order valence-corrected chi connectivity index (χ4v) is 4.06. The fraction of sp³-hybridized carbons (Fsp3) is 0.636. The van der Waals surface area contributed by atoms with Crippen molar-refractivity contribution in [1.82, 2.24) is 9.80 Å². The van der Waals surface area contributed by atoms with Crippen LogP contribution in [0.15, 0.2) is 18.2 Å². The molecule has 0 bridgehead atoms. The van der Waals surface area contributed by atoms with Crippen molar-refractivity contribution in [1.29, 1.82) is 0 Å². The van der Waals surface area contributed by atoms with E-state index in [1.807, 2.05) is 28.0 Å². The van der Waals surface area contributed by atoms with Gasteiger partial charge in [-0.05, 0) is 43.4 Å². The summed E-state index contributed by atoms with van der Waals surface area (Å²) < 4.78 is 16.0. The summed E-state index contributed by atoms with van der Waals surface area (Å²) in [6, 6.07) is 5.52. The summed E-state index contributed by atoms with van der Waals surface area (Å²) >= 11 is 0. The molecule has 0 saturated carbocycles. The van der Waals surface area contributed by atoms with Crippen molar-refractivity contribution in [2.24, 2.45) is 5.92 Å². The summed E-state index contributed by atoms with van der Waals surface area (Å²) in [5, 5.41) is 0. The number of likely N-dealkylation sites (tertiary alicyclic amines) is 1. The molecule has 160 valence electrons. The maximum Gasteiger partial charge on any atom is 0.227 e. The van der Waals surface area contributed by atoms with Gasteiger partial charge in [0.05, 0.1) is 33.9 Å². The Morgan fingerprint density at radius 3 is 2.34 bits per heavy atom. The van der Waals surface area contributed by atoms with Crippen LogP contribution in [0.25, 0.3) is 0 Å². The van der Waals surface area contributed by atoms with Crippen LogP contribution in [0.5, 0.6) is 11.5 Å². The molecule has 7 nitrogen and oxygen atoms in total. The van der Waals surface area contributed by atoms with Crippen LogP contribution in [-0.2, 0) is 20.7 Å². The Hall–Kier alpha value is -2.28. The summed E-state index contributed by atoms with van der Waals surface area (Å²) in [4.78, 5) is 28.9. The molecule has 2 fully saturated rings. The van der Waals surface area contributed by atoms with Crippen LogP contribution in [0.3, 0.4) is 0 Å². The van der Waals surface area contributed by atoms with Crippen molar-refractivity contribution in [2.45, 2.75) is 32.1 Å². The first kappa shape index (κ1) is 21.4. The molecule has 2 amide bonds. The number of benzene rings is 1. The van der Waals surface area contributed by atoms with Gasteiger partial charge in [-0.3, -0.25) is 9.59 Å². The Morgan fingerprint density at radius 2 is 1.69 bits per heavy atom. The zero-order chi connectivity index (χ0) is 20.6. The van der Waals surface area contributed by atoms with E-state index in [9.17, 15) is 9.59 Å². The predicted octanol–water partition coefficient (Wildman–Crippen LogP) is 2.12. The lowest BCUT2D eigenvalue weighted by Gasteiger charge is -2.33. The maximum atomic E-state index is 12.8. The molecule has 29 heavy (non-hydrogen) atoms. The van der Waals surface area contributed by atoms with E-state index in [2.05, 4.69) is 0 Å². The molecule has 1 aromatic rings. The number of ether oxygens (including phenoxy) is 3. The van der Waals surface area contributed by atoms with Crippen LogP contribution in [0, 0.1) is 5.92 Å². The number of hydrogen-bond acceptors (Lipinski definition) is 5. The lowest BCUT2D eigenvalue weighted by molar-refractivity contribution is -0.136. The summed E-state index contributed by atoms with van der Waals surface area (Å²) in [7, 11) is 3.22. The lowest BCUT2D eigenvalue weighted by Crippen LogP contribution is -2.41. The number of amides is 2. The molecule has 0 aromatic heterocycles. The number of piperidine rings is 1. The van der Waals surface area contributed by atoms with Gasteiger partial charge in [-0.1, -0.05) is 0 Å². The Kier molecular flexibility index (Phi) is 7.75. The zero-order valence-electron chi connectivity index (χ0n) is 17.5. The minimum absolute atomic E-state index is 0.111. The number of hydrogen-bond donors (Lipinski definition) is 0. The number of rotatable bonds is 7. The zero-order valence-corrected chi connectivity index (χ0v) is 17.5. The van der Waals surface area contributed by atoms with Crippen LogP contribution in [0.1, 0.15) is 31.2 Å². The van der Waals surface area contributed by atoms with E-state index < -0.39 is 0 Å². The molecule has 2 aliphatic rings. The molecule has 0 N–H and O–H groups in total. The molecule has 2 aliphatic heterocycles. The summed E-state index contributed by atoms with van der Waals surface area (Å²) in [6.45, 7) is 4.21. The largest absolute Gasteiger partial charge is 0.497 e. The van der Waals surface area contributed by atoms with Gasteiger partial charge < -0.3 is 24.0 Å². The van der Waals surface area contributed by atoms with E-state index in [4.69, 9.17) is 14.2 Å². The Labute approximate surface area is 172 Å². The van der Waals surface area contributed by atoms with Crippen LogP contribution in [0.2, 0.25) is 0 Å². The lowest BCUT2D eigenvalue weighted by atomic mass is 9.91. The van der Waals surface area contributed by atoms with Gasteiger partial charge in [0.1, 0.15) is 11.5 Å². The molecule has 0 atom stereocenters. The molecule has 2 saturated heterocycles. The quantitative estimate of drug-likeness (QED) is 0.696. The normalized spacial score (nSPS) is 17.9. The Morgan fingerprint density at radius 1 is 1.00 bits per heavy atom. The molecular weight excluding hydrogens is 372 g/mol. The molecule has 0 spiro atoms. The summed E-state index contributed by atoms with van der Waals surface area (Å²) in [6.07, 6.45) is 3.72. The van der Waals surface area contributed by atoms with Crippen LogP contribution >= 0.6 is 0 Å². The molecule has 0 radical (unpaired) electrons. The summed E-state index contributed by atoms with van der Waals surface area (Å²) in [5.74, 6) is 2.28. The third-order valence-corrected chi connectivity index (χ3v) is 5.93. The smallest absolute Gasteiger partial charge is 0.227 e. The van der Waals surface area contributed by atoms with Crippen molar-refractivity contribution in [3.05, 3.63) is 23.8 Å². The average Bonchev–Trinajstić information content (AvgIpc) is 2.78. The standard InChI is InChI=1S/C22H32N2O5/c1-27-19-4-5-20(28-2)18(15-19)16-22(26)23-9-7-17(8-10-23)3-6-21(25)24-11-13-29-14-12-24/h4-5,15,17H,3,6-14,16H2,1-2H3. The number of methoxy groups -OCH3 is 2. The van der Waals surface area contributed by atoms with Crippen molar-refractivity contribution in [3.8, 4) is 11.5 Å². The second-order valence-electron chi connectivity index (χ2n) is 7.71. The second-order valence-corrected chi connectivity index (χ2v) is 7.71. The molecule has 7 heteroatoms. The number of nitrogens with zero attached hydrogens (tertiary/aromatic N) is 2. The monoisotopic (exact) mass is 404 g/mol. The van der Waals surface area contributed by atoms with E-state index in [1.165, 1.54) is 0 Å². The van der Waals surface area contributed by atoms with Gasteiger partial charge in [0, 0.05) is 38.2 Å². The van der Waals surface area contributed by atoms with Crippen LogP contribution < -0.4 is 9.47 Å². The van der Waals surface area contributed by atoms with Crippen molar-refractivity contribution in [3.63, 3.8) is 0 Å². The van der Waals surface area contributed by atoms with Crippen molar-refractivity contribution in [2.75, 3.05) is 53.6 Å². The van der Waals surface area contributed by atoms with Crippen molar-refractivity contribution < 1.29 is 23.8 Å². The number of morpholine rings is 1. The van der Waals surface area contributed by atoms with Gasteiger partial charge >= 0.3 is 0 Å². The molecule has 0 unspecified atom stereocenters. The van der Waals surface area contributed by atoms with E-state index in [0.29, 0.717) is 50.8 Å². The number of carbonyl (C=O) groups is 2. The highest BCUT2D eigenvalue weighted by molar-refractivity contribution is 5.80. The Bertz CT molecular complexity index is 694. The van der Waals surface area contributed by atoms with Gasteiger partial charge in [0.2, 0.25) is 11.8 Å². The van der Waals surface area contributed by atoms with E-state index in [0.717, 1.165) is 43.7 Å². The van der Waals surface area contributed by atoms with E-state index in [1.54, 1.807) is 14.2 Å². The van der Waals surface area contributed by atoms with Gasteiger partial charge in [-0.25, -0.2) is 0 Å². The van der Waals surface area contributed by atoms with E-state index in [-0.39, 0.29) is 11.8 Å². The molecule has 3 rings (SSSR count). The molecule has 2 heterocycles. The first-order chi connectivity index (χ1) is 14.1. The third kappa shape index (κ3) is 5.85. The second kappa shape index (κ2) is 10.5. The van der Waals surface area contributed by atoms with Gasteiger partial charge in [0.25, 0.3) is 0 Å². The van der Waals surface area contributed by atoms with E-state index >= 15 is 0 Å². The Balaban J connectivity index is 1.44. The third-order valence-electron chi connectivity index (χ3n) is 5.93. The highest BCUT2D eigenvalue weighted by Crippen LogP contribution is 2.27. The predicted molar refractivity (Wildman–Crippen MR) is 109 cm³/mol. The highest BCUT2D eigenvalue weighted by Gasteiger charge is 2.25. The number of carbonyl (C=O) groups excluding carboxylic acids is 2. The van der Waals surface area contributed by atoms with Crippen molar-refractivity contribution >= 4 is 11.8 Å². The SMILES string of the molecule is COc1ccc(OC)c(CC(=O)N2CCC(CCC(=O)N3CCOCC3)CC2)c1. The molecule has 1 aromatic carbocycles.